The molecule has 0 bridgehead atoms. The lowest BCUT2D eigenvalue weighted by molar-refractivity contribution is -0.125. The first-order valence-corrected chi connectivity index (χ1v) is 8.79. The van der Waals surface area contributed by atoms with Crippen LogP contribution in [0.15, 0.2) is 54.7 Å². The van der Waals surface area contributed by atoms with Crippen LogP contribution in [0.2, 0.25) is 0 Å². The molecule has 1 heterocycles. The number of carbonyl (C=O) groups is 1. The number of aromatic nitrogens is 1. The minimum atomic E-state index is -0.0370. The molecule has 4 nitrogen and oxygen atoms in total. The molecule has 0 saturated carbocycles. The van der Waals surface area contributed by atoms with Gasteiger partial charge in [0.25, 0.3) is 0 Å². The fourth-order valence-electron chi connectivity index (χ4n) is 3.59. The lowest BCUT2D eigenvalue weighted by Gasteiger charge is -2.17. The van der Waals surface area contributed by atoms with Crippen LogP contribution in [0.1, 0.15) is 22.3 Å². The van der Waals surface area contributed by atoms with Crippen molar-refractivity contribution in [3.05, 3.63) is 77.0 Å². The largest absolute Gasteiger partial charge is 0.384 e. The average molecular weight is 343 g/mol. The van der Waals surface area contributed by atoms with Gasteiger partial charge >= 0.3 is 0 Å². The third-order valence-corrected chi connectivity index (χ3v) is 4.98. The van der Waals surface area contributed by atoms with Crippen LogP contribution in [0.5, 0.6) is 0 Å². The topological polar surface area (TPSA) is 59.2 Å². The van der Waals surface area contributed by atoms with Crippen LogP contribution in [0.25, 0.3) is 16.8 Å². The summed E-state index contributed by atoms with van der Waals surface area (Å²) in [5.41, 5.74) is 10.5. The summed E-state index contributed by atoms with van der Waals surface area (Å²) >= 11 is 0. The van der Waals surface area contributed by atoms with Gasteiger partial charge in [0.1, 0.15) is 5.82 Å². The van der Waals surface area contributed by atoms with Gasteiger partial charge in [-0.05, 0) is 64.1 Å². The number of hydrogen-bond acceptors (Lipinski definition) is 3. The van der Waals surface area contributed by atoms with Crippen molar-refractivity contribution in [3.8, 4) is 0 Å². The summed E-state index contributed by atoms with van der Waals surface area (Å²) in [7, 11) is 1.83. The first-order valence-electron chi connectivity index (χ1n) is 8.79. The fraction of sp³-hybridized carbons (Fsp3) is 0.182. The number of amides is 1. The van der Waals surface area contributed by atoms with Gasteiger partial charge in [0.2, 0.25) is 5.91 Å². The maximum atomic E-state index is 12.5. The summed E-state index contributed by atoms with van der Waals surface area (Å²) in [5, 5.41) is 2.65. The van der Waals surface area contributed by atoms with Crippen LogP contribution >= 0.6 is 0 Å². The Morgan fingerprint density at radius 1 is 1.15 bits per heavy atom. The molecule has 1 aromatic heterocycles. The highest BCUT2D eigenvalue weighted by Gasteiger charge is 2.16. The molecular formula is C22H21N3O. The summed E-state index contributed by atoms with van der Waals surface area (Å²) in [5.74, 6) is 0.433. The minimum Gasteiger partial charge on any atom is -0.384 e. The molecule has 4 heteroatoms. The molecule has 0 spiro atoms. The molecule has 26 heavy (non-hydrogen) atoms. The van der Waals surface area contributed by atoms with Gasteiger partial charge in [0, 0.05) is 25.9 Å². The third kappa shape index (κ3) is 3.06. The maximum Gasteiger partial charge on any atom is 0.246 e. The molecule has 4 rings (SSSR count). The first kappa shape index (κ1) is 16.3. The van der Waals surface area contributed by atoms with Gasteiger partial charge in [-0.1, -0.05) is 30.3 Å². The Morgan fingerprint density at radius 3 is 2.73 bits per heavy atom. The Labute approximate surface area is 153 Å². The van der Waals surface area contributed by atoms with Gasteiger partial charge in [0.15, 0.2) is 0 Å². The molecule has 130 valence electrons. The normalized spacial score (nSPS) is 12.8. The van der Waals surface area contributed by atoms with Gasteiger partial charge in [-0.15, -0.1) is 0 Å². The van der Waals surface area contributed by atoms with Crippen molar-refractivity contribution in [2.75, 3.05) is 12.8 Å². The van der Waals surface area contributed by atoms with Crippen molar-refractivity contribution in [3.63, 3.8) is 0 Å². The number of nitrogens with two attached hydrogens (primary N) is 1. The molecule has 0 fully saturated rings. The Hall–Kier alpha value is -3.14. The number of nitrogens with zero attached hydrogens (tertiary/aromatic N) is 2. The molecule has 0 atom stereocenters. The number of rotatable bonds is 4. The number of benzene rings is 2. The number of hydrogen-bond donors (Lipinski definition) is 1. The van der Waals surface area contributed by atoms with Crippen molar-refractivity contribution >= 4 is 28.6 Å². The van der Waals surface area contributed by atoms with Crippen LogP contribution in [-0.2, 0) is 24.2 Å². The second-order valence-corrected chi connectivity index (χ2v) is 6.77. The molecule has 1 aliphatic rings. The highest BCUT2D eigenvalue weighted by atomic mass is 16.2. The molecule has 1 aliphatic carbocycles. The number of nitrogen functional groups attached to an aromatic ring is 1. The molecule has 1 amide bonds. The van der Waals surface area contributed by atoms with Crippen LogP contribution in [0, 0.1) is 0 Å². The fourth-order valence-corrected chi connectivity index (χ4v) is 3.59. The van der Waals surface area contributed by atoms with Crippen LogP contribution in [0.3, 0.4) is 0 Å². The number of likely N-dealkylation sites (N-methyl/N-ethyl adjacent to an activating group) is 1. The number of anilines is 1. The van der Waals surface area contributed by atoms with Crippen molar-refractivity contribution in [1.82, 2.24) is 9.88 Å². The van der Waals surface area contributed by atoms with Crippen molar-refractivity contribution in [2.45, 2.75) is 19.4 Å². The highest BCUT2D eigenvalue weighted by Crippen LogP contribution is 2.33. The molecule has 2 aromatic carbocycles. The van der Waals surface area contributed by atoms with E-state index in [9.17, 15) is 4.79 Å². The maximum absolute atomic E-state index is 12.5. The van der Waals surface area contributed by atoms with E-state index in [1.165, 1.54) is 27.5 Å². The van der Waals surface area contributed by atoms with E-state index < -0.39 is 0 Å². The van der Waals surface area contributed by atoms with Gasteiger partial charge in [-0.25, -0.2) is 4.98 Å². The molecule has 0 radical (unpaired) electrons. The summed E-state index contributed by atoms with van der Waals surface area (Å²) in [6.07, 6.45) is 7.22. The van der Waals surface area contributed by atoms with Crippen LogP contribution in [0.4, 0.5) is 5.82 Å². The van der Waals surface area contributed by atoms with E-state index >= 15 is 0 Å². The standard InChI is InChI=1S/C22H21N3O/c1-25(21(26)12-6-15-5-11-20(23)24-13-15)14-18-10-9-17-8-7-16-3-2-4-19(18)22(16)17/h2-6,9-13H,7-8,14H2,1H3,(H2,23,24)/b12-6+. The summed E-state index contributed by atoms with van der Waals surface area (Å²) in [4.78, 5) is 18.2. The van der Waals surface area contributed by atoms with E-state index in [0.717, 1.165) is 18.4 Å². The van der Waals surface area contributed by atoms with Gasteiger partial charge in [-0.2, -0.15) is 0 Å². The molecular weight excluding hydrogens is 322 g/mol. The molecule has 0 unspecified atom stereocenters. The van der Waals surface area contributed by atoms with Gasteiger partial charge < -0.3 is 10.6 Å². The number of aryl methyl sites for hydroxylation is 2. The van der Waals surface area contributed by atoms with E-state index in [0.29, 0.717) is 12.4 Å². The smallest absolute Gasteiger partial charge is 0.246 e. The van der Waals surface area contributed by atoms with E-state index in [1.807, 2.05) is 13.1 Å². The Morgan fingerprint density at radius 2 is 1.96 bits per heavy atom. The SMILES string of the molecule is CN(Cc1ccc2c3c(cccc13)CC2)C(=O)/C=C/c1ccc(N)nc1. The third-order valence-electron chi connectivity index (χ3n) is 4.98. The summed E-state index contributed by atoms with van der Waals surface area (Å²) < 4.78 is 0. The average Bonchev–Trinajstić information content (AvgIpc) is 3.08. The first-order chi connectivity index (χ1) is 12.6. The second kappa shape index (κ2) is 6.64. The Balaban J connectivity index is 1.53. The highest BCUT2D eigenvalue weighted by molar-refractivity contribution is 5.94. The number of carbonyl (C=O) groups excluding carboxylic acids is 1. The predicted octanol–water partition coefficient (Wildman–Crippen LogP) is 3.59. The molecule has 0 aliphatic heterocycles. The lowest BCUT2D eigenvalue weighted by Crippen LogP contribution is -2.24. The zero-order valence-electron chi connectivity index (χ0n) is 14.8. The zero-order valence-corrected chi connectivity index (χ0v) is 14.8. The predicted molar refractivity (Wildman–Crippen MR) is 106 cm³/mol. The van der Waals surface area contributed by atoms with Gasteiger partial charge in [0.05, 0.1) is 0 Å². The molecule has 3 aromatic rings. The molecule has 0 saturated heterocycles. The lowest BCUT2D eigenvalue weighted by atomic mass is 9.99. The zero-order chi connectivity index (χ0) is 18.1. The molecule has 2 N–H and O–H groups in total. The monoisotopic (exact) mass is 343 g/mol. The van der Waals surface area contributed by atoms with E-state index in [4.69, 9.17) is 5.73 Å². The number of pyridine rings is 1. The van der Waals surface area contributed by atoms with E-state index in [1.54, 1.807) is 29.3 Å². The van der Waals surface area contributed by atoms with E-state index in [-0.39, 0.29) is 5.91 Å². The van der Waals surface area contributed by atoms with Crippen LogP contribution < -0.4 is 5.73 Å². The van der Waals surface area contributed by atoms with Crippen LogP contribution in [-0.4, -0.2) is 22.8 Å². The van der Waals surface area contributed by atoms with E-state index in [2.05, 4.69) is 35.3 Å². The Kier molecular flexibility index (Phi) is 4.17. The van der Waals surface area contributed by atoms with Crippen molar-refractivity contribution < 1.29 is 4.79 Å². The Bertz CT molecular complexity index is 996. The quantitative estimate of drug-likeness (QED) is 0.737. The summed E-state index contributed by atoms with van der Waals surface area (Å²) in [6, 6.07) is 14.4. The second-order valence-electron chi connectivity index (χ2n) is 6.77. The summed E-state index contributed by atoms with van der Waals surface area (Å²) in [6.45, 7) is 0.587. The van der Waals surface area contributed by atoms with Crippen molar-refractivity contribution in [1.29, 1.82) is 0 Å². The van der Waals surface area contributed by atoms with Crippen molar-refractivity contribution in [2.24, 2.45) is 0 Å². The van der Waals surface area contributed by atoms with Gasteiger partial charge in [-0.3, -0.25) is 4.79 Å². The minimum absolute atomic E-state index is 0.0370.